The number of nitrogens with one attached hydrogen (secondary N) is 2. The third-order valence-corrected chi connectivity index (χ3v) is 2.64. The maximum absolute atomic E-state index is 11.8. The van der Waals surface area contributed by atoms with Gasteiger partial charge in [0, 0.05) is 0 Å². The van der Waals surface area contributed by atoms with Crippen molar-refractivity contribution in [1.29, 1.82) is 0 Å². The molecule has 2 rings (SSSR count). The van der Waals surface area contributed by atoms with Crippen LogP contribution in [0.1, 0.15) is 26.5 Å². The van der Waals surface area contributed by atoms with E-state index in [1.807, 2.05) is 29.9 Å². The molecule has 0 radical (unpaired) electrons. The van der Waals surface area contributed by atoms with Crippen LogP contribution in [-0.2, 0) is 0 Å². The maximum atomic E-state index is 11.8. The molecule has 2 aromatic rings. The van der Waals surface area contributed by atoms with Crippen molar-refractivity contribution >= 4 is 11.8 Å². The van der Waals surface area contributed by atoms with Crippen LogP contribution in [0.3, 0.4) is 0 Å². The van der Waals surface area contributed by atoms with Crippen LogP contribution in [0, 0.1) is 6.92 Å². The van der Waals surface area contributed by atoms with Crippen molar-refractivity contribution in [3.63, 3.8) is 0 Å². The van der Waals surface area contributed by atoms with Gasteiger partial charge in [-0.25, -0.2) is 16.4 Å². The lowest BCUT2D eigenvalue weighted by atomic mass is 10.2. The molecular formula is C11H13N7O2. The molecule has 0 atom stereocenters. The van der Waals surface area contributed by atoms with Gasteiger partial charge >= 0.3 is 0 Å². The number of nitrogens with two attached hydrogens (primary N) is 2. The number of carbonyl (C=O) groups is 2. The number of rotatable bonds is 3. The van der Waals surface area contributed by atoms with Crippen molar-refractivity contribution in [2.45, 2.75) is 6.92 Å². The Hall–Kier alpha value is -2.78. The van der Waals surface area contributed by atoms with E-state index in [1.54, 1.807) is 12.1 Å². The first-order valence-corrected chi connectivity index (χ1v) is 5.63. The molecule has 2 amide bonds. The second-order valence-corrected chi connectivity index (χ2v) is 3.98. The number of amides is 2. The minimum Gasteiger partial charge on any atom is -0.289 e. The van der Waals surface area contributed by atoms with Crippen LogP contribution in [-0.4, -0.2) is 26.8 Å². The molecule has 9 nitrogen and oxygen atoms in total. The fraction of sp³-hybridized carbons (Fsp3) is 0.0909. The van der Waals surface area contributed by atoms with E-state index in [2.05, 4.69) is 10.3 Å². The maximum Gasteiger partial charge on any atom is 0.288 e. The zero-order valence-electron chi connectivity index (χ0n) is 10.6. The van der Waals surface area contributed by atoms with Crippen LogP contribution >= 0.6 is 0 Å². The van der Waals surface area contributed by atoms with Crippen molar-refractivity contribution in [3.05, 3.63) is 41.2 Å². The van der Waals surface area contributed by atoms with E-state index in [4.69, 9.17) is 11.7 Å². The number of nitrogen functional groups attached to an aromatic ring is 2. The van der Waals surface area contributed by atoms with Crippen molar-refractivity contribution in [2.75, 3.05) is 0 Å². The number of benzene rings is 1. The lowest BCUT2D eigenvalue weighted by molar-refractivity contribution is 0.0912. The van der Waals surface area contributed by atoms with Crippen molar-refractivity contribution in [3.8, 4) is 5.69 Å². The lowest BCUT2D eigenvalue weighted by Gasteiger charge is -2.06. The summed E-state index contributed by atoms with van der Waals surface area (Å²) in [5.74, 6) is 8.72. The predicted molar refractivity (Wildman–Crippen MR) is 69.4 cm³/mol. The first kappa shape index (κ1) is 13.6. The smallest absolute Gasteiger partial charge is 0.288 e. The van der Waals surface area contributed by atoms with Gasteiger partial charge in [-0.2, -0.15) is 0 Å². The van der Waals surface area contributed by atoms with Gasteiger partial charge in [0.1, 0.15) is 0 Å². The molecule has 20 heavy (non-hydrogen) atoms. The normalized spacial score (nSPS) is 10.2. The van der Waals surface area contributed by atoms with Crippen molar-refractivity contribution in [1.82, 2.24) is 25.8 Å². The zero-order chi connectivity index (χ0) is 14.7. The van der Waals surface area contributed by atoms with Crippen LogP contribution in [0.2, 0.25) is 0 Å². The lowest BCUT2D eigenvalue weighted by Crippen LogP contribution is -2.36. The number of carbonyl (C=O) groups excluding carboxylic acids is 2. The Bertz CT molecular complexity index is 647. The number of aryl methyl sites for hydroxylation is 1. The second kappa shape index (κ2) is 5.47. The SMILES string of the molecule is Cc1ccc(-n2nnc(C(=O)NN)c2C(=O)NN)cc1. The molecule has 0 aliphatic heterocycles. The standard InChI is InChI=1S/C11H13N7O2/c1-6-2-4-7(5-3-6)18-9(11(20)15-13)8(16-17-18)10(19)14-12/h2-5H,12-13H2,1H3,(H,14,19)(H,15,20). The Labute approximate surface area is 113 Å². The number of hydrazine groups is 2. The van der Waals surface area contributed by atoms with Gasteiger partial charge in [0.05, 0.1) is 5.69 Å². The summed E-state index contributed by atoms with van der Waals surface area (Å²) in [5, 5.41) is 7.45. The summed E-state index contributed by atoms with van der Waals surface area (Å²) in [6.45, 7) is 1.92. The Kier molecular flexibility index (Phi) is 3.73. The molecule has 104 valence electrons. The molecule has 1 aromatic heterocycles. The van der Waals surface area contributed by atoms with Crippen molar-refractivity contribution in [2.24, 2.45) is 11.7 Å². The van der Waals surface area contributed by atoms with E-state index in [9.17, 15) is 9.59 Å². The molecule has 0 saturated heterocycles. The number of nitrogens with zero attached hydrogens (tertiary/aromatic N) is 3. The Morgan fingerprint density at radius 1 is 1.10 bits per heavy atom. The molecule has 9 heteroatoms. The molecule has 1 heterocycles. The van der Waals surface area contributed by atoms with Crippen molar-refractivity contribution < 1.29 is 9.59 Å². The monoisotopic (exact) mass is 275 g/mol. The largest absolute Gasteiger partial charge is 0.289 e. The van der Waals surface area contributed by atoms with Gasteiger partial charge in [-0.15, -0.1) is 5.10 Å². The molecule has 0 aliphatic carbocycles. The molecule has 6 N–H and O–H groups in total. The molecule has 1 aromatic carbocycles. The van der Waals surface area contributed by atoms with Gasteiger partial charge in [0.25, 0.3) is 11.8 Å². The first-order valence-electron chi connectivity index (χ1n) is 5.63. The number of aromatic nitrogens is 3. The highest BCUT2D eigenvalue weighted by atomic mass is 16.2. The summed E-state index contributed by atoms with van der Waals surface area (Å²) in [6.07, 6.45) is 0. The van der Waals surface area contributed by atoms with E-state index >= 15 is 0 Å². The highest BCUT2D eigenvalue weighted by Crippen LogP contribution is 2.14. The Morgan fingerprint density at radius 3 is 2.25 bits per heavy atom. The molecular weight excluding hydrogens is 262 g/mol. The predicted octanol–water partition coefficient (Wildman–Crippen LogP) is -1.22. The third kappa shape index (κ3) is 2.35. The molecule has 0 fully saturated rings. The van der Waals surface area contributed by atoms with Gasteiger partial charge in [-0.05, 0) is 19.1 Å². The van der Waals surface area contributed by atoms with Crippen LogP contribution in [0.4, 0.5) is 0 Å². The average Bonchev–Trinajstić information content (AvgIpc) is 2.91. The highest BCUT2D eigenvalue weighted by Gasteiger charge is 2.25. The summed E-state index contributed by atoms with van der Waals surface area (Å²) < 4.78 is 1.21. The highest BCUT2D eigenvalue weighted by molar-refractivity contribution is 6.04. The first-order chi connectivity index (χ1) is 9.58. The molecule has 0 saturated carbocycles. The topological polar surface area (TPSA) is 141 Å². The zero-order valence-corrected chi connectivity index (χ0v) is 10.6. The van der Waals surface area contributed by atoms with Gasteiger partial charge in [0.2, 0.25) is 0 Å². The van der Waals surface area contributed by atoms with E-state index in [1.165, 1.54) is 4.68 Å². The molecule has 0 bridgehead atoms. The fourth-order valence-corrected chi connectivity index (χ4v) is 1.64. The minimum atomic E-state index is -0.734. The minimum absolute atomic E-state index is 0.0979. The van der Waals surface area contributed by atoms with Gasteiger partial charge in [0.15, 0.2) is 11.4 Å². The third-order valence-electron chi connectivity index (χ3n) is 2.64. The Morgan fingerprint density at radius 2 is 1.70 bits per heavy atom. The van der Waals surface area contributed by atoms with E-state index in [0.717, 1.165) is 5.56 Å². The number of hydrogen-bond acceptors (Lipinski definition) is 6. The number of hydrogen-bond donors (Lipinski definition) is 4. The van der Waals surface area contributed by atoms with Crippen LogP contribution < -0.4 is 22.5 Å². The molecule has 0 spiro atoms. The van der Waals surface area contributed by atoms with E-state index in [-0.39, 0.29) is 11.4 Å². The summed E-state index contributed by atoms with van der Waals surface area (Å²) in [5.41, 5.74) is 5.14. The van der Waals surface area contributed by atoms with E-state index in [0.29, 0.717) is 5.69 Å². The Balaban J connectivity index is 2.59. The summed E-state index contributed by atoms with van der Waals surface area (Å²) >= 11 is 0. The summed E-state index contributed by atoms with van der Waals surface area (Å²) in [7, 11) is 0. The molecule has 0 unspecified atom stereocenters. The summed E-state index contributed by atoms with van der Waals surface area (Å²) in [4.78, 5) is 23.4. The van der Waals surface area contributed by atoms with Gasteiger partial charge < -0.3 is 0 Å². The average molecular weight is 275 g/mol. The van der Waals surface area contributed by atoms with Crippen LogP contribution in [0.25, 0.3) is 5.69 Å². The molecule has 0 aliphatic rings. The van der Waals surface area contributed by atoms with Crippen LogP contribution in [0.15, 0.2) is 24.3 Å². The van der Waals surface area contributed by atoms with E-state index < -0.39 is 11.8 Å². The van der Waals surface area contributed by atoms with Crippen LogP contribution in [0.5, 0.6) is 0 Å². The quantitative estimate of drug-likeness (QED) is 0.314. The van der Waals surface area contributed by atoms with Gasteiger partial charge in [-0.3, -0.25) is 20.4 Å². The summed E-state index contributed by atoms with van der Waals surface area (Å²) in [6, 6.07) is 7.15. The second-order valence-electron chi connectivity index (χ2n) is 3.98. The fourth-order valence-electron chi connectivity index (χ4n) is 1.64. The van der Waals surface area contributed by atoms with Gasteiger partial charge in [-0.1, -0.05) is 22.9 Å².